The van der Waals surface area contributed by atoms with Gasteiger partial charge in [0.25, 0.3) is 0 Å². The molecule has 6 heteroatoms. The normalized spacial score (nSPS) is 15.0. The second-order valence-electron chi connectivity index (χ2n) is 6.35. The van der Waals surface area contributed by atoms with Gasteiger partial charge in [-0.05, 0) is 43.2 Å². The lowest BCUT2D eigenvalue weighted by molar-refractivity contribution is -0.116. The number of aryl methyl sites for hydroxylation is 2. The Balaban J connectivity index is 1.50. The molecule has 0 fully saturated rings. The van der Waals surface area contributed by atoms with Gasteiger partial charge in [0.05, 0.1) is 0 Å². The molecule has 1 aromatic carbocycles. The van der Waals surface area contributed by atoms with Gasteiger partial charge in [-0.3, -0.25) is 4.79 Å². The minimum atomic E-state index is -0.0532. The van der Waals surface area contributed by atoms with Crippen molar-refractivity contribution in [3.05, 3.63) is 47.6 Å². The van der Waals surface area contributed by atoms with Crippen LogP contribution >= 0.6 is 0 Å². The first-order valence-electron chi connectivity index (χ1n) is 8.73. The van der Waals surface area contributed by atoms with E-state index < -0.39 is 0 Å². The van der Waals surface area contributed by atoms with E-state index in [1.54, 1.807) is 0 Å². The Morgan fingerprint density at radius 3 is 2.80 bits per heavy atom. The van der Waals surface area contributed by atoms with Crippen LogP contribution in [0.3, 0.4) is 0 Å². The van der Waals surface area contributed by atoms with Crippen molar-refractivity contribution >= 4 is 17.2 Å². The first kappa shape index (κ1) is 17.4. The number of carbonyl (C=O) groups is 1. The summed E-state index contributed by atoms with van der Waals surface area (Å²) < 4.78 is 5.28. The van der Waals surface area contributed by atoms with Gasteiger partial charge in [0, 0.05) is 31.6 Å². The van der Waals surface area contributed by atoms with Crippen molar-refractivity contribution in [1.29, 1.82) is 0 Å². The van der Waals surface area contributed by atoms with Crippen LogP contribution < -0.4 is 5.32 Å². The Kier molecular flexibility index (Phi) is 5.60. The van der Waals surface area contributed by atoms with Crippen molar-refractivity contribution in [1.82, 2.24) is 15.0 Å². The molecule has 0 radical (unpaired) electrons. The summed E-state index contributed by atoms with van der Waals surface area (Å²) >= 11 is 0. The molecule has 0 saturated heterocycles. The van der Waals surface area contributed by atoms with E-state index in [9.17, 15) is 4.79 Å². The number of benzene rings is 1. The molecule has 1 amide bonds. The van der Waals surface area contributed by atoms with E-state index >= 15 is 0 Å². The van der Waals surface area contributed by atoms with E-state index in [1.807, 2.05) is 24.3 Å². The minimum Gasteiger partial charge on any atom is -0.339 e. The molecule has 1 aliphatic rings. The monoisotopic (exact) mass is 340 g/mol. The predicted octanol–water partition coefficient (Wildman–Crippen LogP) is 2.92. The average Bonchev–Trinajstić information content (AvgIpc) is 3.10. The molecule has 6 nitrogen and oxygen atoms in total. The van der Waals surface area contributed by atoms with Crippen molar-refractivity contribution < 1.29 is 9.32 Å². The van der Waals surface area contributed by atoms with Crippen LogP contribution in [0.5, 0.6) is 0 Å². The van der Waals surface area contributed by atoms with E-state index in [0.717, 1.165) is 37.2 Å². The van der Waals surface area contributed by atoms with E-state index in [1.165, 1.54) is 5.56 Å². The number of amides is 1. The molecule has 0 saturated carbocycles. The molecule has 2 aromatic rings. The van der Waals surface area contributed by atoms with Crippen LogP contribution in [0.15, 0.2) is 34.9 Å². The van der Waals surface area contributed by atoms with Crippen molar-refractivity contribution in [2.75, 3.05) is 25.5 Å². The Bertz CT molecular complexity index is 749. The zero-order valence-electron chi connectivity index (χ0n) is 14.8. The maximum atomic E-state index is 12.1. The van der Waals surface area contributed by atoms with E-state index in [4.69, 9.17) is 4.52 Å². The number of anilines is 1. The molecule has 0 aliphatic carbocycles. The molecule has 0 unspecified atom stereocenters. The van der Waals surface area contributed by atoms with Crippen LogP contribution in [0.4, 0.5) is 5.69 Å². The van der Waals surface area contributed by atoms with Crippen molar-refractivity contribution in [3.63, 3.8) is 0 Å². The average molecular weight is 340 g/mol. The van der Waals surface area contributed by atoms with Crippen molar-refractivity contribution in [2.24, 2.45) is 0 Å². The Morgan fingerprint density at radius 1 is 1.32 bits per heavy atom. The largest absolute Gasteiger partial charge is 0.339 e. The Morgan fingerprint density at radius 2 is 2.12 bits per heavy atom. The van der Waals surface area contributed by atoms with Crippen LogP contribution in [-0.4, -0.2) is 41.1 Å². The summed E-state index contributed by atoms with van der Waals surface area (Å²) in [6.45, 7) is 4.00. The molecular formula is C19H24N4O2. The smallest absolute Gasteiger partial charge is 0.227 e. The fourth-order valence-corrected chi connectivity index (χ4v) is 2.73. The second-order valence-corrected chi connectivity index (χ2v) is 6.35. The van der Waals surface area contributed by atoms with Gasteiger partial charge in [-0.1, -0.05) is 30.3 Å². The lowest BCUT2D eigenvalue weighted by Crippen LogP contribution is -2.23. The first-order chi connectivity index (χ1) is 12.1. The Hall–Kier alpha value is -2.47. The fraction of sp³-hybridized carbons (Fsp3) is 0.421. The van der Waals surface area contributed by atoms with E-state index in [2.05, 4.69) is 40.4 Å². The molecule has 1 N–H and O–H groups in total. The summed E-state index contributed by atoms with van der Waals surface area (Å²) in [6.07, 6.45) is 4.80. The number of nitrogens with zero attached hydrogens (tertiary/aromatic N) is 3. The molecule has 3 rings (SSSR count). The fourth-order valence-electron chi connectivity index (χ4n) is 2.73. The third-order valence-electron chi connectivity index (χ3n) is 4.38. The molecule has 1 aromatic heterocycles. The van der Waals surface area contributed by atoms with Crippen LogP contribution in [0.1, 0.15) is 37.0 Å². The van der Waals surface area contributed by atoms with Gasteiger partial charge < -0.3 is 14.7 Å². The minimum absolute atomic E-state index is 0.0532. The number of rotatable bonds is 6. The van der Waals surface area contributed by atoms with Gasteiger partial charge in [-0.2, -0.15) is 4.98 Å². The number of likely N-dealkylation sites (N-methyl/N-ethyl adjacent to an activating group) is 1. The zero-order chi connectivity index (χ0) is 17.6. The molecule has 0 bridgehead atoms. The molecule has 2 heterocycles. The summed E-state index contributed by atoms with van der Waals surface area (Å²) in [7, 11) is 2.09. The van der Waals surface area contributed by atoms with Gasteiger partial charge in [0.15, 0.2) is 5.82 Å². The Labute approximate surface area is 147 Å². The standard InChI is InChI=1S/C19H24N4O2/c1-3-14-4-6-16(7-5-14)20-17(24)8-9-18-21-19(22-25-18)15-10-12-23(2)13-11-15/h4-7,10H,3,8-9,11-13H2,1-2H3,(H,20,24). The predicted molar refractivity (Wildman–Crippen MR) is 97.2 cm³/mol. The molecule has 25 heavy (non-hydrogen) atoms. The summed E-state index contributed by atoms with van der Waals surface area (Å²) in [5, 5.41) is 6.93. The topological polar surface area (TPSA) is 71.3 Å². The molecule has 0 atom stereocenters. The van der Waals surface area contributed by atoms with Gasteiger partial charge in [0.1, 0.15) is 0 Å². The number of carbonyl (C=O) groups excluding carboxylic acids is 1. The lowest BCUT2D eigenvalue weighted by atomic mass is 10.1. The maximum Gasteiger partial charge on any atom is 0.227 e. The SMILES string of the molecule is CCc1ccc(NC(=O)CCc2nc(C3=CCN(C)CC3)no2)cc1. The second kappa shape index (κ2) is 8.07. The summed E-state index contributed by atoms with van der Waals surface area (Å²) in [5.41, 5.74) is 3.18. The number of hydrogen-bond acceptors (Lipinski definition) is 5. The van der Waals surface area contributed by atoms with Gasteiger partial charge in [-0.25, -0.2) is 0 Å². The zero-order valence-corrected chi connectivity index (χ0v) is 14.8. The highest BCUT2D eigenvalue weighted by atomic mass is 16.5. The van der Waals surface area contributed by atoms with Gasteiger partial charge in [-0.15, -0.1) is 0 Å². The highest BCUT2D eigenvalue weighted by Crippen LogP contribution is 2.19. The van der Waals surface area contributed by atoms with Crippen molar-refractivity contribution in [3.8, 4) is 0 Å². The molecule has 1 aliphatic heterocycles. The number of nitrogens with one attached hydrogen (secondary N) is 1. The van der Waals surface area contributed by atoms with Gasteiger partial charge >= 0.3 is 0 Å². The third kappa shape index (κ3) is 4.76. The van der Waals surface area contributed by atoms with Crippen molar-refractivity contribution in [2.45, 2.75) is 32.6 Å². The summed E-state index contributed by atoms with van der Waals surface area (Å²) in [6, 6.07) is 7.90. The third-order valence-corrected chi connectivity index (χ3v) is 4.38. The van der Waals surface area contributed by atoms with E-state index in [0.29, 0.717) is 24.6 Å². The van der Waals surface area contributed by atoms with E-state index in [-0.39, 0.29) is 5.91 Å². The van der Waals surface area contributed by atoms with Crippen LogP contribution in [-0.2, 0) is 17.6 Å². The lowest BCUT2D eigenvalue weighted by Gasteiger charge is -2.19. The quantitative estimate of drug-likeness (QED) is 0.875. The van der Waals surface area contributed by atoms with Gasteiger partial charge in [0.2, 0.25) is 11.8 Å². The molecule has 132 valence electrons. The summed E-state index contributed by atoms with van der Waals surface area (Å²) in [4.78, 5) is 18.7. The highest BCUT2D eigenvalue weighted by molar-refractivity contribution is 5.90. The van der Waals surface area contributed by atoms with Crippen LogP contribution in [0.25, 0.3) is 5.57 Å². The first-order valence-corrected chi connectivity index (χ1v) is 8.73. The molecule has 0 spiro atoms. The highest BCUT2D eigenvalue weighted by Gasteiger charge is 2.16. The van der Waals surface area contributed by atoms with Crippen LogP contribution in [0.2, 0.25) is 0 Å². The van der Waals surface area contributed by atoms with Crippen LogP contribution in [0, 0.1) is 0 Å². The maximum absolute atomic E-state index is 12.1. The molecular weight excluding hydrogens is 316 g/mol. The number of aromatic nitrogens is 2. The number of hydrogen-bond donors (Lipinski definition) is 1. The summed E-state index contributed by atoms with van der Waals surface area (Å²) in [5.74, 6) is 1.10.